The van der Waals surface area contributed by atoms with Crippen molar-refractivity contribution in [3.63, 3.8) is 0 Å². The predicted molar refractivity (Wildman–Crippen MR) is 121 cm³/mol. The molecule has 0 aliphatic heterocycles. The van der Waals surface area contributed by atoms with Crippen molar-refractivity contribution < 1.29 is 27.8 Å². The highest BCUT2D eigenvalue weighted by molar-refractivity contribution is 5.99. The van der Waals surface area contributed by atoms with E-state index in [-0.39, 0.29) is 18.8 Å². The van der Waals surface area contributed by atoms with Crippen LogP contribution in [0.3, 0.4) is 0 Å². The Morgan fingerprint density at radius 1 is 1.23 bits per heavy atom. The first-order valence-corrected chi connectivity index (χ1v) is 11.0. The van der Waals surface area contributed by atoms with Crippen molar-refractivity contribution in [2.24, 2.45) is 0 Å². The first kappa shape index (κ1) is 24.4. The molecule has 0 aromatic carbocycles. The molecular weight excluding hydrogens is 463 g/mol. The molecule has 4 aromatic rings. The van der Waals surface area contributed by atoms with Gasteiger partial charge in [-0.05, 0) is 56.2 Å². The number of alkyl halides is 3. The van der Waals surface area contributed by atoms with Gasteiger partial charge in [-0.2, -0.15) is 13.2 Å². The van der Waals surface area contributed by atoms with Crippen molar-refractivity contribution in [3.8, 4) is 11.3 Å². The number of aliphatic hydroxyl groups is 1. The molecule has 4 aromatic heterocycles. The van der Waals surface area contributed by atoms with E-state index >= 15 is 0 Å². The van der Waals surface area contributed by atoms with E-state index in [1.54, 1.807) is 31.5 Å². The normalized spacial score (nSPS) is 12.7. The van der Waals surface area contributed by atoms with Crippen LogP contribution in [0.4, 0.5) is 13.2 Å². The highest BCUT2D eigenvalue weighted by Gasteiger charge is 2.42. The number of carbonyl (C=O) groups excluding carboxylic acids is 1. The quantitative estimate of drug-likeness (QED) is 0.375. The van der Waals surface area contributed by atoms with Crippen LogP contribution in [0.5, 0.6) is 0 Å². The molecule has 0 bridgehead atoms. The van der Waals surface area contributed by atoms with Crippen LogP contribution in [-0.4, -0.2) is 54.8 Å². The third-order valence-electron chi connectivity index (χ3n) is 5.57. The fraction of sp³-hybridized carbons (Fsp3) is 0.333. The molecule has 0 aliphatic rings. The molecule has 0 spiro atoms. The molecule has 11 heteroatoms. The maximum Gasteiger partial charge on any atom is 0.397 e. The number of rotatable bonds is 8. The molecule has 0 radical (unpaired) electrons. The Hall–Kier alpha value is -3.73. The Kier molecular flexibility index (Phi) is 6.88. The number of aryl methyl sites for hydroxylation is 1. The highest BCUT2D eigenvalue weighted by Crippen LogP contribution is 2.36. The third kappa shape index (κ3) is 5.19. The molecule has 0 fully saturated rings. The number of aliphatic hydroxyl groups excluding tert-OH is 1. The zero-order chi connectivity index (χ0) is 25.2. The van der Waals surface area contributed by atoms with Crippen LogP contribution >= 0.6 is 0 Å². The molecule has 1 unspecified atom stereocenters. The molecule has 0 saturated carbocycles. The summed E-state index contributed by atoms with van der Waals surface area (Å²) in [5.74, 6) is -2.34. The Morgan fingerprint density at radius 3 is 2.71 bits per heavy atom. The summed E-state index contributed by atoms with van der Waals surface area (Å²) in [7, 11) is 0. The topological polar surface area (TPSA) is 94.5 Å². The van der Waals surface area contributed by atoms with Crippen LogP contribution in [-0.2, 0) is 11.3 Å². The molecule has 0 aliphatic carbocycles. The summed E-state index contributed by atoms with van der Waals surface area (Å²) in [6.45, 7) is 3.39. The van der Waals surface area contributed by atoms with E-state index in [1.165, 1.54) is 10.9 Å². The Morgan fingerprint density at radius 2 is 2.03 bits per heavy atom. The second-order valence-electron chi connectivity index (χ2n) is 8.09. The number of esters is 1. The van der Waals surface area contributed by atoms with Gasteiger partial charge in [0.05, 0.1) is 30.1 Å². The molecule has 4 rings (SSSR count). The van der Waals surface area contributed by atoms with Gasteiger partial charge in [-0.1, -0.05) is 5.21 Å². The molecule has 35 heavy (non-hydrogen) atoms. The summed E-state index contributed by atoms with van der Waals surface area (Å²) in [6.07, 6.45) is -0.307. The van der Waals surface area contributed by atoms with E-state index in [1.807, 2.05) is 29.5 Å². The molecule has 1 N–H and O–H groups in total. The third-order valence-corrected chi connectivity index (χ3v) is 5.57. The Labute approximate surface area is 199 Å². The highest BCUT2D eigenvalue weighted by atomic mass is 19.4. The van der Waals surface area contributed by atoms with Crippen LogP contribution in [0.15, 0.2) is 48.9 Å². The average Bonchev–Trinajstić information content (AvgIpc) is 3.41. The second-order valence-corrected chi connectivity index (χ2v) is 8.09. The van der Waals surface area contributed by atoms with E-state index in [2.05, 4.69) is 15.3 Å². The first-order valence-electron chi connectivity index (χ1n) is 11.0. The van der Waals surface area contributed by atoms with Gasteiger partial charge in [0.15, 0.2) is 0 Å². The second kappa shape index (κ2) is 9.87. The summed E-state index contributed by atoms with van der Waals surface area (Å²) in [5, 5.41) is 16.5. The van der Waals surface area contributed by atoms with Crippen LogP contribution in [0.1, 0.15) is 46.6 Å². The minimum absolute atomic E-state index is 0.177. The zero-order valence-electron chi connectivity index (χ0n) is 19.2. The summed E-state index contributed by atoms with van der Waals surface area (Å²) >= 11 is 0. The summed E-state index contributed by atoms with van der Waals surface area (Å²) in [5.41, 5.74) is 3.88. The lowest BCUT2D eigenvalue weighted by Crippen LogP contribution is -2.22. The predicted octanol–water partition coefficient (Wildman–Crippen LogP) is 4.15. The number of pyridine rings is 2. The Balaban J connectivity index is 1.69. The fourth-order valence-electron chi connectivity index (χ4n) is 4.02. The number of halogens is 3. The van der Waals surface area contributed by atoms with Crippen molar-refractivity contribution in [3.05, 3.63) is 71.4 Å². The van der Waals surface area contributed by atoms with E-state index < -0.39 is 31.1 Å². The van der Waals surface area contributed by atoms with Gasteiger partial charge in [-0.25, -0.2) is 9.48 Å². The molecule has 8 nitrogen and oxygen atoms in total. The zero-order valence-corrected chi connectivity index (χ0v) is 19.2. The number of nitrogens with zero attached hydrogens (tertiary/aromatic N) is 5. The summed E-state index contributed by atoms with van der Waals surface area (Å²) < 4.78 is 48.3. The van der Waals surface area contributed by atoms with Gasteiger partial charge in [-0.15, -0.1) is 5.10 Å². The number of fused-ring (bicyclic) bond motifs is 1. The number of aromatic nitrogens is 5. The maximum atomic E-state index is 13.3. The first-order chi connectivity index (χ1) is 16.7. The van der Waals surface area contributed by atoms with E-state index in [0.717, 1.165) is 16.8 Å². The largest absolute Gasteiger partial charge is 0.462 e. The smallest absolute Gasteiger partial charge is 0.397 e. The number of carbonyl (C=O) groups is 1. The molecule has 1 atom stereocenters. The molecular formula is C24H24F3N5O3. The van der Waals surface area contributed by atoms with E-state index in [9.17, 15) is 18.0 Å². The molecule has 0 amide bonds. The minimum atomic E-state index is -4.53. The number of hydrogen-bond donors (Lipinski definition) is 1. The number of ether oxygens (including phenoxy) is 1. The van der Waals surface area contributed by atoms with Crippen molar-refractivity contribution >= 4 is 11.5 Å². The van der Waals surface area contributed by atoms with Crippen molar-refractivity contribution in [1.29, 1.82) is 0 Å². The number of hydrogen-bond acceptors (Lipinski definition) is 6. The van der Waals surface area contributed by atoms with Gasteiger partial charge < -0.3 is 14.2 Å². The lowest BCUT2D eigenvalue weighted by atomic mass is 10.0. The van der Waals surface area contributed by atoms with Gasteiger partial charge in [0.1, 0.15) is 5.92 Å². The summed E-state index contributed by atoms with van der Waals surface area (Å²) in [4.78, 5) is 16.9. The van der Waals surface area contributed by atoms with Gasteiger partial charge in [0.2, 0.25) is 0 Å². The van der Waals surface area contributed by atoms with Crippen LogP contribution < -0.4 is 0 Å². The maximum absolute atomic E-state index is 13.3. The fourth-order valence-corrected chi connectivity index (χ4v) is 4.02. The van der Waals surface area contributed by atoms with Crippen LogP contribution in [0.25, 0.3) is 16.8 Å². The molecule has 4 heterocycles. The lowest BCUT2D eigenvalue weighted by molar-refractivity contribution is -0.154. The SMILES string of the molecule is CCOC(=O)c1cc2cc(Cn3cc(C(CCO)C(F)(F)F)nn3)ccn2c1-c1ccnc(C)c1. The standard InChI is InChI=1S/C24H24F3N5O3/c1-3-35-23(34)19-12-18-11-16(5-8-32(18)22(19)17-4-7-28-15(2)10-17)13-31-14-21(29-30-31)20(6-9-33)24(25,26)27/h4-5,7-8,10-12,14,20,33H,3,6,9,13H2,1-2H3. The van der Waals surface area contributed by atoms with E-state index in [4.69, 9.17) is 9.84 Å². The van der Waals surface area contributed by atoms with Gasteiger partial charge in [0.25, 0.3) is 0 Å². The van der Waals surface area contributed by atoms with E-state index in [0.29, 0.717) is 16.8 Å². The lowest BCUT2D eigenvalue weighted by Gasteiger charge is -2.16. The van der Waals surface area contributed by atoms with Crippen molar-refractivity contribution in [2.75, 3.05) is 13.2 Å². The monoisotopic (exact) mass is 487 g/mol. The van der Waals surface area contributed by atoms with Gasteiger partial charge >= 0.3 is 12.1 Å². The average molecular weight is 487 g/mol. The van der Waals surface area contributed by atoms with Crippen LogP contribution in [0, 0.1) is 6.92 Å². The Bertz CT molecular complexity index is 1350. The van der Waals surface area contributed by atoms with Gasteiger partial charge in [0, 0.05) is 42.0 Å². The molecule has 184 valence electrons. The minimum Gasteiger partial charge on any atom is -0.462 e. The molecule has 0 saturated heterocycles. The van der Waals surface area contributed by atoms with Crippen molar-refractivity contribution in [1.82, 2.24) is 24.4 Å². The summed E-state index contributed by atoms with van der Waals surface area (Å²) in [6, 6.07) is 9.04. The van der Waals surface area contributed by atoms with Gasteiger partial charge in [-0.3, -0.25) is 4.98 Å². The van der Waals surface area contributed by atoms with Crippen molar-refractivity contribution in [2.45, 2.75) is 38.9 Å². The van der Waals surface area contributed by atoms with Crippen LogP contribution in [0.2, 0.25) is 0 Å².